The summed E-state index contributed by atoms with van der Waals surface area (Å²) in [5.74, 6) is 1.78. The molecular formula is C14H15NS. The maximum atomic E-state index is 9.29. The van der Waals surface area contributed by atoms with Crippen molar-refractivity contribution in [1.82, 2.24) is 0 Å². The van der Waals surface area contributed by atoms with Gasteiger partial charge in [0.25, 0.3) is 0 Å². The summed E-state index contributed by atoms with van der Waals surface area (Å²) in [6, 6.07) is 11.2. The molecule has 1 unspecified atom stereocenters. The second-order valence-corrected chi connectivity index (χ2v) is 6.06. The standard InChI is InChI=1S/C14H15NS/c15-10-14(6-3-7-14)8-11-9-16-13-5-2-1-4-12(11)13/h1-2,4-5,11H,3,6-9H2. The van der Waals surface area contributed by atoms with Crippen LogP contribution in [0.1, 0.15) is 37.2 Å². The Kier molecular flexibility index (Phi) is 2.44. The summed E-state index contributed by atoms with van der Waals surface area (Å²) < 4.78 is 0. The third kappa shape index (κ3) is 1.55. The number of benzene rings is 1. The van der Waals surface area contributed by atoms with Crippen LogP contribution in [-0.4, -0.2) is 5.75 Å². The minimum Gasteiger partial charge on any atom is -0.198 e. The molecule has 1 atom stereocenters. The number of hydrogen-bond donors (Lipinski definition) is 0. The predicted molar refractivity (Wildman–Crippen MR) is 66.4 cm³/mol. The normalized spacial score (nSPS) is 25.6. The lowest BCUT2D eigenvalue weighted by Crippen LogP contribution is -2.29. The van der Waals surface area contributed by atoms with Crippen molar-refractivity contribution in [3.63, 3.8) is 0 Å². The third-order valence-corrected chi connectivity index (χ3v) is 5.24. The zero-order valence-electron chi connectivity index (χ0n) is 9.28. The van der Waals surface area contributed by atoms with E-state index in [1.807, 2.05) is 11.8 Å². The van der Waals surface area contributed by atoms with E-state index in [0.29, 0.717) is 5.92 Å². The maximum absolute atomic E-state index is 9.29. The first-order valence-corrected chi connectivity index (χ1v) is 6.95. The fraction of sp³-hybridized carbons (Fsp3) is 0.500. The van der Waals surface area contributed by atoms with Gasteiger partial charge in [-0.15, -0.1) is 11.8 Å². The lowest BCUT2D eigenvalue weighted by Gasteiger charge is -2.37. The van der Waals surface area contributed by atoms with Crippen molar-refractivity contribution in [2.75, 3.05) is 5.75 Å². The van der Waals surface area contributed by atoms with Gasteiger partial charge in [-0.3, -0.25) is 0 Å². The first-order chi connectivity index (χ1) is 7.83. The number of fused-ring (bicyclic) bond motifs is 1. The first-order valence-electron chi connectivity index (χ1n) is 5.96. The second kappa shape index (κ2) is 3.82. The van der Waals surface area contributed by atoms with E-state index in [-0.39, 0.29) is 5.41 Å². The van der Waals surface area contributed by atoms with Gasteiger partial charge in [-0.25, -0.2) is 0 Å². The largest absolute Gasteiger partial charge is 0.198 e. The van der Waals surface area contributed by atoms with Crippen LogP contribution in [0.4, 0.5) is 0 Å². The number of hydrogen-bond acceptors (Lipinski definition) is 2. The number of nitriles is 1. The Morgan fingerprint density at radius 3 is 2.88 bits per heavy atom. The predicted octanol–water partition coefficient (Wildman–Crippen LogP) is 3.96. The molecule has 3 rings (SSSR count). The summed E-state index contributed by atoms with van der Waals surface area (Å²) in [4.78, 5) is 1.43. The van der Waals surface area contributed by atoms with Gasteiger partial charge in [0.15, 0.2) is 0 Å². The van der Waals surface area contributed by atoms with E-state index in [1.54, 1.807) is 0 Å². The van der Waals surface area contributed by atoms with Gasteiger partial charge in [-0.05, 0) is 36.8 Å². The summed E-state index contributed by atoms with van der Waals surface area (Å²) in [6.07, 6.45) is 4.56. The fourth-order valence-electron chi connectivity index (χ4n) is 2.84. The van der Waals surface area contributed by atoms with E-state index >= 15 is 0 Å². The summed E-state index contributed by atoms with van der Waals surface area (Å²) in [5, 5.41) is 9.29. The van der Waals surface area contributed by atoms with Gasteiger partial charge in [0.1, 0.15) is 0 Å². The van der Waals surface area contributed by atoms with Crippen LogP contribution >= 0.6 is 11.8 Å². The maximum Gasteiger partial charge on any atom is 0.0689 e. The molecule has 0 saturated heterocycles. The van der Waals surface area contributed by atoms with Crippen LogP contribution < -0.4 is 0 Å². The van der Waals surface area contributed by atoms with E-state index < -0.39 is 0 Å². The van der Waals surface area contributed by atoms with Crippen molar-refractivity contribution in [3.8, 4) is 6.07 Å². The fourth-order valence-corrected chi connectivity index (χ4v) is 4.09. The molecule has 2 heteroatoms. The zero-order valence-corrected chi connectivity index (χ0v) is 10.1. The average Bonchev–Trinajstić information content (AvgIpc) is 2.67. The van der Waals surface area contributed by atoms with Crippen LogP contribution in [0, 0.1) is 16.7 Å². The molecule has 0 amide bonds. The molecule has 0 bridgehead atoms. The van der Waals surface area contributed by atoms with Gasteiger partial charge >= 0.3 is 0 Å². The summed E-state index contributed by atoms with van der Waals surface area (Å²) in [7, 11) is 0. The average molecular weight is 229 g/mol. The summed E-state index contributed by atoms with van der Waals surface area (Å²) in [6.45, 7) is 0. The minimum atomic E-state index is 0.0165. The van der Waals surface area contributed by atoms with Gasteiger partial charge in [0, 0.05) is 10.6 Å². The highest BCUT2D eigenvalue weighted by atomic mass is 32.2. The Morgan fingerprint density at radius 2 is 2.19 bits per heavy atom. The van der Waals surface area contributed by atoms with Crippen molar-refractivity contribution in [3.05, 3.63) is 29.8 Å². The molecule has 1 aromatic carbocycles. The lowest BCUT2D eigenvalue weighted by atomic mass is 9.65. The van der Waals surface area contributed by atoms with Gasteiger partial charge in [-0.2, -0.15) is 5.26 Å². The van der Waals surface area contributed by atoms with Crippen molar-refractivity contribution in [2.45, 2.75) is 36.5 Å². The second-order valence-electron chi connectivity index (χ2n) is 5.00. The SMILES string of the molecule is N#CC1(CC2CSc3ccccc32)CCC1. The molecule has 0 radical (unpaired) electrons. The molecule has 1 heterocycles. The molecule has 82 valence electrons. The van der Waals surface area contributed by atoms with Crippen LogP contribution in [0.2, 0.25) is 0 Å². The Hall–Kier alpha value is -0.940. The number of thioether (sulfide) groups is 1. The Morgan fingerprint density at radius 1 is 1.38 bits per heavy atom. The highest BCUT2D eigenvalue weighted by Crippen LogP contribution is 2.51. The molecule has 1 nitrogen and oxygen atoms in total. The monoisotopic (exact) mass is 229 g/mol. The highest BCUT2D eigenvalue weighted by molar-refractivity contribution is 7.99. The molecule has 1 aromatic rings. The Balaban J connectivity index is 1.81. The van der Waals surface area contributed by atoms with Crippen LogP contribution in [-0.2, 0) is 0 Å². The van der Waals surface area contributed by atoms with Gasteiger partial charge in [-0.1, -0.05) is 24.6 Å². The summed E-state index contributed by atoms with van der Waals surface area (Å²) >= 11 is 1.95. The molecular weight excluding hydrogens is 214 g/mol. The molecule has 0 aromatic heterocycles. The van der Waals surface area contributed by atoms with Crippen LogP contribution in [0.3, 0.4) is 0 Å². The van der Waals surface area contributed by atoms with Crippen LogP contribution in [0.25, 0.3) is 0 Å². The van der Waals surface area contributed by atoms with Gasteiger partial charge in [0.05, 0.1) is 11.5 Å². The highest BCUT2D eigenvalue weighted by Gasteiger charge is 2.40. The van der Waals surface area contributed by atoms with E-state index in [0.717, 1.165) is 19.3 Å². The Bertz CT molecular complexity index is 442. The Labute approximate surface area is 101 Å². The van der Waals surface area contributed by atoms with Crippen LogP contribution in [0.5, 0.6) is 0 Å². The topological polar surface area (TPSA) is 23.8 Å². The van der Waals surface area contributed by atoms with E-state index in [2.05, 4.69) is 30.3 Å². The molecule has 16 heavy (non-hydrogen) atoms. The van der Waals surface area contributed by atoms with Crippen molar-refractivity contribution in [2.24, 2.45) is 5.41 Å². The number of nitrogens with zero attached hydrogens (tertiary/aromatic N) is 1. The molecule has 1 aliphatic heterocycles. The molecule has 2 aliphatic rings. The van der Waals surface area contributed by atoms with Gasteiger partial charge < -0.3 is 0 Å². The third-order valence-electron chi connectivity index (χ3n) is 3.98. The van der Waals surface area contributed by atoms with E-state index in [1.165, 1.54) is 22.6 Å². The van der Waals surface area contributed by atoms with Crippen molar-refractivity contribution in [1.29, 1.82) is 5.26 Å². The molecule has 0 spiro atoms. The van der Waals surface area contributed by atoms with Crippen LogP contribution in [0.15, 0.2) is 29.2 Å². The van der Waals surface area contributed by atoms with E-state index in [9.17, 15) is 5.26 Å². The molecule has 1 fully saturated rings. The van der Waals surface area contributed by atoms with Gasteiger partial charge in [0.2, 0.25) is 0 Å². The number of rotatable bonds is 2. The molecule has 0 N–H and O–H groups in total. The van der Waals surface area contributed by atoms with Crippen molar-refractivity contribution < 1.29 is 0 Å². The molecule has 1 saturated carbocycles. The van der Waals surface area contributed by atoms with E-state index in [4.69, 9.17) is 0 Å². The van der Waals surface area contributed by atoms with Crippen molar-refractivity contribution >= 4 is 11.8 Å². The quantitative estimate of drug-likeness (QED) is 0.766. The zero-order chi connectivity index (χ0) is 11.0. The smallest absolute Gasteiger partial charge is 0.0689 e. The molecule has 1 aliphatic carbocycles. The first kappa shape index (κ1) is 10.2. The summed E-state index contributed by atoms with van der Waals surface area (Å²) in [5.41, 5.74) is 1.50. The lowest BCUT2D eigenvalue weighted by molar-refractivity contribution is 0.187. The minimum absolute atomic E-state index is 0.0165.